The van der Waals surface area contributed by atoms with Gasteiger partial charge in [-0.3, -0.25) is 9.52 Å². The number of hydrogen-bond donors (Lipinski definition) is 2. The smallest absolute Gasteiger partial charge is 0.263 e. The lowest BCUT2D eigenvalue weighted by atomic mass is 10.1. The predicted molar refractivity (Wildman–Crippen MR) is 137 cm³/mol. The normalized spacial score (nSPS) is 13.7. The Balaban J connectivity index is 1.45. The summed E-state index contributed by atoms with van der Waals surface area (Å²) in [5, 5.41) is 2.90. The van der Waals surface area contributed by atoms with Gasteiger partial charge in [0.1, 0.15) is 4.90 Å². The first-order chi connectivity index (χ1) is 16.2. The molecular weight excluding hydrogens is 470 g/mol. The Bertz CT molecular complexity index is 1300. The highest BCUT2D eigenvalue weighted by molar-refractivity contribution is 7.92. The molecule has 4 rings (SSSR count). The topological polar surface area (TPSA) is 78.5 Å². The Morgan fingerprint density at radius 2 is 1.68 bits per heavy atom. The van der Waals surface area contributed by atoms with E-state index in [-0.39, 0.29) is 21.4 Å². The van der Waals surface area contributed by atoms with Gasteiger partial charge in [0.15, 0.2) is 0 Å². The lowest BCUT2D eigenvalue weighted by Gasteiger charge is -2.17. The molecule has 6 nitrogen and oxygen atoms in total. The molecule has 3 aromatic carbocycles. The van der Waals surface area contributed by atoms with Gasteiger partial charge in [-0.25, -0.2) is 8.42 Å². The van der Waals surface area contributed by atoms with Crippen LogP contribution in [0.5, 0.6) is 0 Å². The van der Waals surface area contributed by atoms with Crippen molar-refractivity contribution in [2.24, 2.45) is 0 Å². The van der Waals surface area contributed by atoms with E-state index in [0.717, 1.165) is 29.8 Å². The molecule has 34 heavy (non-hydrogen) atoms. The molecule has 1 heterocycles. The monoisotopic (exact) mass is 497 g/mol. The molecule has 8 heteroatoms. The summed E-state index contributed by atoms with van der Waals surface area (Å²) >= 11 is 6.20. The van der Waals surface area contributed by atoms with Crippen molar-refractivity contribution in [1.82, 2.24) is 5.32 Å². The number of nitrogens with one attached hydrogen (secondary N) is 2. The van der Waals surface area contributed by atoms with Crippen molar-refractivity contribution in [2.75, 3.05) is 22.7 Å². The standard InChI is InChI=1S/C26H28ClN3O3S/c1-18-5-12-24(19(2)15-18)29-34(32,33)25-16-21(8-11-23(25)27)26(31)28-17-20-6-9-22(10-7-20)30-13-3-4-14-30/h5-12,15-16,29H,3-4,13-14,17H2,1-2H3,(H,28,31). The third kappa shape index (κ3) is 5.54. The van der Waals surface area contributed by atoms with Crippen molar-refractivity contribution in [1.29, 1.82) is 0 Å². The van der Waals surface area contributed by atoms with Crippen molar-refractivity contribution in [3.8, 4) is 0 Å². The van der Waals surface area contributed by atoms with Gasteiger partial charge in [0, 0.05) is 30.9 Å². The first kappa shape index (κ1) is 24.1. The maximum atomic E-state index is 13.0. The van der Waals surface area contributed by atoms with Crippen LogP contribution in [-0.4, -0.2) is 27.4 Å². The van der Waals surface area contributed by atoms with Crippen LogP contribution in [0, 0.1) is 13.8 Å². The fourth-order valence-corrected chi connectivity index (χ4v) is 5.72. The molecule has 2 N–H and O–H groups in total. The van der Waals surface area contributed by atoms with E-state index in [1.807, 2.05) is 38.1 Å². The van der Waals surface area contributed by atoms with Crippen LogP contribution < -0.4 is 14.9 Å². The molecule has 0 saturated carbocycles. The molecule has 3 aromatic rings. The van der Waals surface area contributed by atoms with Crippen LogP contribution in [0.2, 0.25) is 5.02 Å². The number of amides is 1. The summed E-state index contributed by atoms with van der Waals surface area (Å²) < 4.78 is 28.6. The van der Waals surface area contributed by atoms with Crippen molar-refractivity contribution < 1.29 is 13.2 Å². The number of anilines is 2. The first-order valence-corrected chi connectivity index (χ1v) is 13.1. The summed E-state index contributed by atoms with van der Waals surface area (Å²) in [6, 6.07) is 17.8. The van der Waals surface area contributed by atoms with Gasteiger partial charge in [0.2, 0.25) is 0 Å². The SMILES string of the molecule is Cc1ccc(NS(=O)(=O)c2cc(C(=O)NCc3ccc(N4CCCC4)cc3)ccc2Cl)c(C)c1. The Morgan fingerprint density at radius 3 is 2.35 bits per heavy atom. The van der Waals surface area contributed by atoms with Crippen molar-refractivity contribution in [2.45, 2.75) is 38.1 Å². The largest absolute Gasteiger partial charge is 0.372 e. The second-order valence-corrected chi connectivity index (χ2v) is 10.7. The maximum Gasteiger partial charge on any atom is 0.263 e. The third-order valence-electron chi connectivity index (χ3n) is 5.97. The van der Waals surface area contributed by atoms with Crippen LogP contribution in [0.3, 0.4) is 0 Å². The molecule has 0 aliphatic carbocycles. The summed E-state index contributed by atoms with van der Waals surface area (Å²) in [7, 11) is -3.98. The Labute approximate surface area is 206 Å². The molecular formula is C26H28ClN3O3S. The quantitative estimate of drug-likeness (QED) is 0.465. The molecule has 1 aliphatic heterocycles. The zero-order valence-corrected chi connectivity index (χ0v) is 20.8. The highest BCUT2D eigenvalue weighted by atomic mass is 35.5. The zero-order valence-electron chi connectivity index (χ0n) is 19.3. The molecule has 0 spiro atoms. The maximum absolute atomic E-state index is 13.0. The van der Waals surface area contributed by atoms with Crippen LogP contribution in [0.1, 0.15) is 39.9 Å². The average molecular weight is 498 g/mol. The fourth-order valence-electron chi connectivity index (χ4n) is 4.06. The number of benzene rings is 3. The molecule has 1 aliphatic rings. The van der Waals surface area contributed by atoms with E-state index in [9.17, 15) is 13.2 Å². The summed E-state index contributed by atoms with van der Waals surface area (Å²) in [6.07, 6.45) is 2.44. The van der Waals surface area contributed by atoms with Crippen LogP contribution in [0.15, 0.2) is 65.6 Å². The Hall–Kier alpha value is -3.03. The minimum absolute atomic E-state index is 0.0475. The second kappa shape index (κ2) is 10.1. The highest BCUT2D eigenvalue weighted by Crippen LogP contribution is 2.27. The summed E-state index contributed by atoms with van der Waals surface area (Å²) in [5.74, 6) is -0.372. The molecule has 178 valence electrons. The lowest BCUT2D eigenvalue weighted by molar-refractivity contribution is 0.0950. The van der Waals surface area contributed by atoms with Crippen molar-refractivity contribution in [3.63, 3.8) is 0 Å². The number of aryl methyl sites for hydroxylation is 2. The van der Waals surface area contributed by atoms with Crippen molar-refractivity contribution >= 4 is 38.9 Å². The number of sulfonamides is 1. The molecule has 1 saturated heterocycles. The summed E-state index contributed by atoms with van der Waals surface area (Å²) in [4.78, 5) is 15.0. The van der Waals surface area contributed by atoms with Gasteiger partial charge >= 0.3 is 0 Å². The van der Waals surface area contributed by atoms with E-state index in [2.05, 4.69) is 27.1 Å². The van der Waals surface area contributed by atoms with Crippen molar-refractivity contribution in [3.05, 3.63) is 87.9 Å². The molecule has 0 radical (unpaired) electrons. The van der Waals surface area contributed by atoms with Gasteiger partial charge < -0.3 is 10.2 Å². The first-order valence-electron chi connectivity index (χ1n) is 11.2. The van der Waals surface area contributed by atoms with E-state index in [1.165, 1.54) is 36.7 Å². The zero-order chi connectivity index (χ0) is 24.3. The van der Waals surface area contributed by atoms with Crippen LogP contribution in [0.25, 0.3) is 0 Å². The molecule has 0 unspecified atom stereocenters. The van der Waals surface area contributed by atoms with E-state index in [4.69, 9.17) is 11.6 Å². The molecule has 1 fully saturated rings. The number of hydrogen-bond acceptors (Lipinski definition) is 4. The predicted octanol–water partition coefficient (Wildman–Crippen LogP) is 5.29. The van der Waals surface area contributed by atoms with E-state index >= 15 is 0 Å². The fraction of sp³-hybridized carbons (Fsp3) is 0.269. The minimum atomic E-state index is -3.98. The second-order valence-electron chi connectivity index (χ2n) is 8.61. The molecule has 1 amide bonds. The Kier molecular flexibility index (Phi) is 7.14. The highest BCUT2D eigenvalue weighted by Gasteiger charge is 2.21. The lowest BCUT2D eigenvalue weighted by Crippen LogP contribution is -2.23. The molecule has 0 bridgehead atoms. The third-order valence-corrected chi connectivity index (χ3v) is 7.82. The van der Waals surface area contributed by atoms with Gasteiger partial charge in [-0.05, 0) is 74.2 Å². The van der Waals surface area contributed by atoms with Gasteiger partial charge in [-0.1, -0.05) is 41.4 Å². The van der Waals surface area contributed by atoms with E-state index in [0.29, 0.717) is 12.2 Å². The Morgan fingerprint density at radius 1 is 0.971 bits per heavy atom. The van der Waals surface area contributed by atoms with Crippen LogP contribution in [-0.2, 0) is 16.6 Å². The number of halogens is 1. The number of carbonyl (C=O) groups is 1. The molecule has 0 atom stereocenters. The van der Waals surface area contributed by atoms with Gasteiger partial charge in [0.25, 0.3) is 15.9 Å². The summed E-state index contributed by atoms with van der Waals surface area (Å²) in [5.41, 5.74) is 4.67. The van der Waals surface area contributed by atoms with Gasteiger partial charge in [-0.15, -0.1) is 0 Å². The van der Waals surface area contributed by atoms with Crippen LogP contribution in [0.4, 0.5) is 11.4 Å². The molecule has 0 aromatic heterocycles. The van der Waals surface area contributed by atoms with Gasteiger partial charge in [-0.2, -0.15) is 0 Å². The minimum Gasteiger partial charge on any atom is -0.372 e. The number of nitrogens with zero attached hydrogens (tertiary/aromatic N) is 1. The van der Waals surface area contributed by atoms with Gasteiger partial charge in [0.05, 0.1) is 10.7 Å². The average Bonchev–Trinajstić information content (AvgIpc) is 3.35. The number of carbonyl (C=O) groups excluding carboxylic acids is 1. The summed E-state index contributed by atoms with van der Waals surface area (Å²) in [6.45, 7) is 6.26. The number of rotatable bonds is 7. The van der Waals surface area contributed by atoms with E-state index < -0.39 is 10.0 Å². The van der Waals surface area contributed by atoms with E-state index in [1.54, 1.807) is 6.07 Å². The van der Waals surface area contributed by atoms with Crippen LogP contribution >= 0.6 is 11.6 Å².